The van der Waals surface area contributed by atoms with Crippen molar-refractivity contribution in [1.29, 1.82) is 0 Å². The highest BCUT2D eigenvalue weighted by molar-refractivity contribution is 6.22. The maximum atomic E-state index is 13.8. The molecule has 8 rings (SSSR count). The average Bonchev–Trinajstić information content (AvgIpc) is 3.60. The number of benzene rings is 2. The van der Waals surface area contributed by atoms with Crippen molar-refractivity contribution in [2.75, 3.05) is 72.2 Å². The first kappa shape index (κ1) is 38.2. The molecule has 4 saturated heterocycles. The van der Waals surface area contributed by atoms with Gasteiger partial charge in [0.05, 0.1) is 24.4 Å². The lowest BCUT2D eigenvalue weighted by molar-refractivity contribution is -1.08. The van der Waals surface area contributed by atoms with E-state index in [1.165, 1.54) is 17.1 Å². The van der Waals surface area contributed by atoms with E-state index in [9.17, 15) is 24.0 Å². The molecule has 5 aliphatic heterocycles. The SMILES string of the molecule is C=CCOOC(=O)C(C)C1C(=O)N2C(C(=O)OCC=C)=C(COc3cccc4c3-c3ccc(CCC[N+]56CC[N+](CC(N)=O)(CC5)CC6)cc3C4=O)[C@H](C)C12. The summed E-state index contributed by atoms with van der Waals surface area (Å²) >= 11 is 0. The number of carbonyl (C=O) groups excluding carboxylic acids is 5. The van der Waals surface area contributed by atoms with Crippen molar-refractivity contribution < 1.29 is 52.2 Å². The Kier molecular flexibility index (Phi) is 10.5. The number of fused-ring (bicyclic) bond motifs is 7. The summed E-state index contributed by atoms with van der Waals surface area (Å²) in [4.78, 5) is 76.3. The summed E-state index contributed by atoms with van der Waals surface area (Å²) < 4.78 is 13.8. The topological polar surface area (TPSA) is 152 Å². The van der Waals surface area contributed by atoms with Crippen LogP contribution < -0.4 is 10.5 Å². The molecule has 6 aliphatic rings. The molecule has 5 heterocycles. The standard InChI is InChI=1S/C42H49N4O9/c1-5-21-52-42(51)38-32(26(3)37-35(40(49)44(37)38)27(4)41(50)55-54-22-6-2)25-53-33-11-7-10-30-36(33)29-13-12-28(23-31(29)39(30)48)9-8-14-45-15-18-46(19-16-45,20-17-45)24-34(43)47/h5-7,10-13,23,26-27,35,37H,1-2,8-9,14-22,24-25H2,3-4H3,(H-,43,47)/q+1/p+1/t26-,27?,35?,37?,45?,46?/m0/s1. The molecule has 2 amide bonds. The molecule has 1 aliphatic carbocycles. The number of esters is 1. The normalized spacial score (nSPS) is 26.4. The Morgan fingerprint density at radius 1 is 0.964 bits per heavy atom. The van der Waals surface area contributed by atoms with E-state index >= 15 is 0 Å². The van der Waals surface area contributed by atoms with E-state index in [1.807, 2.05) is 19.1 Å². The number of hydrogen-bond donors (Lipinski definition) is 1. The van der Waals surface area contributed by atoms with E-state index in [2.05, 4.69) is 19.2 Å². The smallest absolute Gasteiger partial charge is 0.355 e. The van der Waals surface area contributed by atoms with Crippen molar-refractivity contribution in [2.24, 2.45) is 23.5 Å². The zero-order valence-corrected chi connectivity index (χ0v) is 31.6. The minimum absolute atomic E-state index is 0.00841. The van der Waals surface area contributed by atoms with Crippen LogP contribution in [0.3, 0.4) is 0 Å². The fraction of sp³-hybridized carbons (Fsp3) is 0.452. The van der Waals surface area contributed by atoms with Crippen LogP contribution in [-0.4, -0.2) is 122 Å². The molecule has 4 fully saturated rings. The molecular formula is C42H50N4O9+2. The number of nitrogens with two attached hydrogens (primary N) is 1. The van der Waals surface area contributed by atoms with E-state index < -0.39 is 29.8 Å². The first-order chi connectivity index (χ1) is 26.4. The number of amides is 2. The van der Waals surface area contributed by atoms with Crippen molar-refractivity contribution in [3.63, 3.8) is 0 Å². The Morgan fingerprint density at radius 2 is 1.67 bits per heavy atom. The van der Waals surface area contributed by atoms with Crippen molar-refractivity contribution in [1.82, 2.24) is 4.90 Å². The second kappa shape index (κ2) is 15.2. The van der Waals surface area contributed by atoms with Crippen molar-refractivity contribution in [3.8, 4) is 16.9 Å². The predicted octanol–water partition coefficient (Wildman–Crippen LogP) is 3.11. The third-order valence-corrected chi connectivity index (χ3v) is 12.5. The van der Waals surface area contributed by atoms with E-state index in [0.717, 1.165) is 78.7 Å². The number of aryl methyl sites for hydroxylation is 1. The van der Waals surface area contributed by atoms with E-state index in [0.29, 0.717) is 34.6 Å². The van der Waals surface area contributed by atoms with Crippen LogP contribution in [-0.2, 0) is 40.1 Å². The summed E-state index contributed by atoms with van der Waals surface area (Å²) in [6.07, 6.45) is 4.74. The maximum Gasteiger partial charge on any atom is 0.355 e. The molecule has 13 heteroatoms. The molecule has 0 spiro atoms. The number of carbonyl (C=O) groups is 5. The summed E-state index contributed by atoms with van der Waals surface area (Å²) in [5.74, 6) is -3.49. The van der Waals surface area contributed by atoms with E-state index in [-0.39, 0.29) is 49.0 Å². The second-order valence-electron chi connectivity index (χ2n) is 15.7. The Hall–Kier alpha value is -5.11. The summed E-state index contributed by atoms with van der Waals surface area (Å²) in [7, 11) is 0. The fourth-order valence-electron chi connectivity index (χ4n) is 9.44. The van der Waals surface area contributed by atoms with Gasteiger partial charge >= 0.3 is 11.9 Å². The molecule has 2 bridgehead atoms. The minimum atomic E-state index is -0.834. The monoisotopic (exact) mass is 754 g/mol. The van der Waals surface area contributed by atoms with Crippen LogP contribution in [0.25, 0.3) is 11.1 Å². The molecular weight excluding hydrogens is 704 g/mol. The summed E-state index contributed by atoms with van der Waals surface area (Å²) in [6.45, 7) is 18.2. The lowest BCUT2D eigenvalue weighted by atomic mass is 9.74. The number of piperazine rings is 3. The van der Waals surface area contributed by atoms with Gasteiger partial charge in [-0.15, -0.1) is 6.58 Å². The summed E-state index contributed by atoms with van der Waals surface area (Å²) in [5, 5.41) is 0. The lowest BCUT2D eigenvalue weighted by Crippen LogP contribution is -2.76. The van der Waals surface area contributed by atoms with Gasteiger partial charge in [0.2, 0.25) is 5.91 Å². The number of primary amides is 1. The molecule has 2 N–H and O–H groups in total. The molecule has 0 radical (unpaired) electrons. The van der Waals surface area contributed by atoms with Crippen molar-refractivity contribution in [3.05, 3.63) is 89.7 Å². The van der Waals surface area contributed by atoms with Crippen LogP contribution in [0, 0.1) is 17.8 Å². The summed E-state index contributed by atoms with van der Waals surface area (Å²) in [5.41, 5.74) is 9.98. The Morgan fingerprint density at radius 3 is 2.36 bits per heavy atom. The van der Waals surface area contributed by atoms with Crippen LogP contribution in [0.1, 0.15) is 41.8 Å². The molecule has 55 heavy (non-hydrogen) atoms. The largest absolute Gasteiger partial charge is 0.488 e. The predicted molar refractivity (Wildman–Crippen MR) is 201 cm³/mol. The molecule has 2 aromatic rings. The van der Waals surface area contributed by atoms with Crippen LogP contribution in [0.5, 0.6) is 5.75 Å². The highest BCUT2D eigenvalue weighted by Crippen LogP contribution is 2.50. The third kappa shape index (κ3) is 6.89. The average molecular weight is 755 g/mol. The molecule has 3 unspecified atom stereocenters. The quantitative estimate of drug-likeness (QED) is 0.0417. The van der Waals surface area contributed by atoms with Gasteiger partial charge < -0.3 is 29.1 Å². The molecule has 290 valence electrons. The number of ketones is 1. The Labute approximate surface area is 321 Å². The van der Waals surface area contributed by atoms with E-state index in [4.69, 9.17) is 25.0 Å². The van der Waals surface area contributed by atoms with Gasteiger partial charge in [-0.25, -0.2) is 9.59 Å². The number of quaternary nitrogens is 2. The first-order valence-electron chi connectivity index (χ1n) is 19.1. The van der Waals surface area contributed by atoms with Gasteiger partial charge in [-0.2, -0.15) is 4.89 Å². The Balaban J connectivity index is 1.05. The number of β-lactam (4-membered cyclic amide) rings is 1. The lowest BCUT2D eigenvalue weighted by Gasteiger charge is -2.55. The van der Waals surface area contributed by atoms with Gasteiger partial charge in [-0.3, -0.25) is 19.3 Å². The van der Waals surface area contributed by atoms with Gasteiger partial charge in [0.25, 0.3) is 5.91 Å². The van der Waals surface area contributed by atoms with Crippen LogP contribution in [0.4, 0.5) is 0 Å². The van der Waals surface area contributed by atoms with Gasteiger partial charge in [-0.05, 0) is 29.7 Å². The number of nitrogens with zero attached hydrogens (tertiary/aromatic N) is 3. The number of rotatable bonds is 17. The molecule has 13 nitrogen and oxygen atoms in total. The van der Waals surface area contributed by atoms with E-state index in [1.54, 1.807) is 25.1 Å². The highest BCUT2D eigenvalue weighted by atomic mass is 17.2. The fourth-order valence-corrected chi connectivity index (χ4v) is 9.44. The summed E-state index contributed by atoms with van der Waals surface area (Å²) in [6, 6.07) is 11.0. The molecule has 4 atom stereocenters. The van der Waals surface area contributed by atoms with Gasteiger partial charge in [0.15, 0.2) is 12.3 Å². The zero-order valence-electron chi connectivity index (χ0n) is 31.6. The highest BCUT2D eigenvalue weighted by Gasteiger charge is 2.61. The van der Waals surface area contributed by atoms with Crippen molar-refractivity contribution in [2.45, 2.75) is 32.7 Å². The Bertz CT molecular complexity index is 1960. The maximum absolute atomic E-state index is 13.8. The van der Waals surface area contributed by atoms with Crippen molar-refractivity contribution >= 4 is 29.5 Å². The zero-order chi connectivity index (χ0) is 39.1. The number of hydrogen-bond acceptors (Lipinski definition) is 9. The van der Waals surface area contributed by atoms with Gasteiger partial charge in [0.1, 0.15) is 70.5 Å². The first-order valence-corrected chi connectivity index (χ1v) is 19.1. The number of ether oxygens (including phenoxy) is 2. The second-order valence-corrected chi connectivity index (χ2v) is 15.7. The molecule has 2 aromatic carbocycles. The van der Waals surface area contributed by atoms with Crippen LogP contribution >= 0.6 is 0 Å². The van der Waals surface area contributed by atoms with Crippen LogP contribution in [0.2, 0.25) is 0 Å². The third-order valence-electron chi connectivity index (χ3n) is 12.5. The molecule has 0 saturated carbocycles. The minimum Gasteiger partial charge on any atom is -0.488 e. The van der Waals surface area contributed by atoms with Gasteiger partial charge in [0, 0.05) is 34.6 Å². The van der Waals surface area contributed by atoms with Gasteiger partial charge in [-0.1, -0.05) is 56.8 Å². The van der Waals surface area contributed by atoms with Crippen LogP contribution in [0.15, 0.2) is 73.0 Å². The molecule has 0 aromatic heterocycles.